The zero-order chi connectivity index (χ0) is 12.3. The minimum atomic E-state index is -1.23. The van der Waals surface area contributed by atoms with E-state index in [0.717, 1.165) is 0 Å². The number of carboxylic acid groups (broad SMARTS) is 1. The zero-order valence-electron chi connectivity index (χ0n) is 8.41. The van der Waals surface area contributed by atoms with Crippen LogP contribution < -0.4 is 4.74 Å². The van der Waals surface area contributed by atoms with E-state index in [1.807, 2.05) is 0 Å². The predicted molar refractivity (Wildman–Crippen MR) is 58.2 cm³/mol. The van der Waals surface area contributed by atoms with E-state index in [2.05, 4.69) is 15.9 Å². The van der Waals surface area contributed by atoms with Gasteiger partial charge in [-0.15, -0.1) is 0 Å². The van der Waals surface area contributed by atoms with E-state index in [9.17, 15) is 9.18 Å². The van der Waals surface area contributed by atoms with Crippen molar-refractivity contribution in [3.63, 3.8) is 0 Å². The second-order valence-corrected chi connectivity index (χ2v) is 4.00. The molecule has 0 aliphatic rings. The summed E-state index contributed by atoms with van der Waals surface area (Å²) in [5.74, 6) is -2.12. The van der Waals surface area contributed by atoms with Gasteiger partial charge in [0.25, 0.3) is 0 Å². The minimum Gasteiger partial charge on any atom is -0.488 e. The van der Waals surface area contributed by atoms with Crippen LogP contribution >= 0.6 is 15.9 Å². The van der Waals surface area contributed by atoms with E-state index in [0.29, 0.717) is 0 Å². The monoisotopic (exact) mass is 292 g/mol. The fourth-order valence-corrected chi connectivity index (χ4v) is 1.52. The normalized spacial score (nSPS) is 12.2. The summed E-state index contributed by atoms with van der Waals surface area (Å²) in [6, 6.07) is 2.44. The third kappa shape index (κ3) is 2.93. The van der Waals surface area contributed by atoms with Crippen LogP contribution in [0.5, 0.6) is 5.75 Å². The molecule has 6 heteroatoms. The SMILES string of the molecule is C[C@H](O)COc1ccc(C(=O)O)c(Br)c1F. The highest BCUT2D eigenvalue weighted by Crippen LogP contribution is 2.28. The zero-order valence-corrected chi connectivity index (χ0v) is 9.99. The fourth-order valence-electron chi connectivity index (χ4n) is 1.02. The van der Waals surface area contributed by atoms with Gasteiger partial charge in [0.05, 0.1) is 16.1 Å². The van der Waals surface area contributed by atoms with Gasteiger partial charge >= 0.3 is 5.97 Å². The maximum Gasteiger partial charge on any atom is 0.336 e. The molecule has 0 bridgehead atoms. The van der Waals surface area contributed by atoms with Crippen molar-refractivity contribution in [3.8, 4) is 5.75 Å². The molecule has 0 heterocycles. The fraction of sp³-hybridized carbons (Fsp3) is 0.300. The summed E-state index contributed by atoms with van der Waals surface area (Å²) >= 11 is 2.84. The van der Waals surface area contributed by atoms with Crippen LogP contribution in [0.4, 0.5) is 4.39 Å². The van der Waals surface area contributed by atoms with E-state index in [1.54, 1.807) is 0 Å². The Hall–Kier alpha value is -1.14. The van der Waals surface area contributed by atoms with Gasteiger partial charge in [-0.2, -0.15) is 0 Å². The Balaban J connectivity index is 2.98. The van der Waals surface area contributed by atoms with Gasteiger partial charge in [0.15, 0.2) is 11.6 Å². The third-order valence-electron chi connectivity index (χ3n) is 1.76. The summed E-state index contributed by atoms with van der Waals surface area (Å²) in [6.45, 7) is 1.44. The molecule has 0 fully saturated rings. The van der Waals surface area contributed by atoms with Crippen molar-refractivity contribution in [3.05, 3.63) is 28.0 Å². The van der Waals surface area contributed by atoms with E-state index < -0.39 is 17.9 Å². The number of hydrogen-bond donors (Lipinski definition) is 2. The number of aliphatic hydroxyl groups is 1. The van der Waals surface area contributed by atoms with Gasteiger partial charge in [0.1, 0.15) is 6.61 Å². The van der Waals surface area contributed by atoms with Gasteiger partial charge in [-0.1, -0.05) is 0 Å². The van der Waals surface area contributed by atoms with Crippen LogP contribution in [0, 0.1) is 5.82 Å². The molecule has 1 aromatic rings. The summed E-state index contributed by atoms with van der Waals surface area (Å²) in [4.78, 5) is 10.7. The molecule has 0 aliphatic heterocycles. The van der Waals surface area contributed by atoms with Crippen molar-refractivity contribution in [2.45, 2.75) is 13.0 Å². The van der Waals surface area contributed by atoms with Crippen molar-refractivity contribution >= 4 is 21.9 Å². The maximum absolute atomic E-state index is 13.6. The Bertz CT molecular complexity index is 406. The lowest BCUT2D eigenvalue weighted by Crippen LogP contribution is -2.14. The maximum atomic E-state index is 13.6. The van der Waals surface area contributed by atoms with Crippen LogP contribution in [0.15, 0.2) is 16.6 Å². The molecule has 0 aliphatic carbocycles. The van der Waals surface area contributed by atoms with Gasteiger partial charge in [-0.25, -0.2) is 9.18 Å². The molecule has 4 nitrogen and oxygen atoms in total. The molecule has 2 N–H and O–H groups in total. The van der Waals surface area contributed by atoms with Crippen LogP contribution in [0.1, 0.15) is 17.3 Å². The van der Waals surface area contributed by atoms with Crippen LogP contribution in [0.25, 0.3) is 0 Å². The lowest BCUT2D eigenvalue weighted by Gasteiger charge is -2.10. The molecule has 0 spiro atoms. The van der Waals surface area contributed by atoms with E-state index >= 15 is 0 Å². The third-order valence-corrected chi connectivity index (χ3v) is 2.53. The smallest absolute Gasteiger partial charge is 0.336 e. The van der Waals surface area contributed by atoms with Gasteiger partial charge in [-0.05, 0) is 35.0 Å². The first-order valence-electron chi connectivity index (χ1n) is 4.45. The highest BCUT2D eigenvalue weighted by molar-refractivity contribution is 9.10. The number of carboxylic acids is 1. The van der Waals surface area contributed by atoms with Crippen molar-refractivity contribution in [1.29, 1.82) is 0 Å². The summed E-state index contributed by atoms with van der Waals surface area (Å²) in [5, 5.41) is 17.7. The second-order valence-electron chi connectivity index (χ2n) is 3.20. The number of halogens is 2. The number of ether oxygens (including phenoxy) is 1. The van der Waals surface area contributed by atoms with E-state index in [-0.39, 0.29) is 22.4 Å². The average Bonchev–Trinajstić information content (AvgIpc) is 2.19. The van der Waals surface area contributed by atoms with Gasteiger partial charge < -0.3 is 14.9 Å². The summed E-state index contributed by atoms with van der Waals surface area (Å²) in [6.07, 6.45) is -0.725. The molecule has 0 saturated carbocycles. The molecule has 88 valence electrons. The molecular formula is C10H10BrFO4. The van der Waals surface area contributed by atoms with E-state index in [4.69, 9.17) is 14.9 Å². The summed E-state index contributed by atoms with van der Waals surface area (Å²) < 4.78 is 18.4. The van der Waals surface area contributed by atoms with Gasteiger partial charge in [-0.3, -0.25) is 0 Å². The van der Waals surface area contributed by atoms with Crippen LogP contribution in [0.2, 0.25) is 0 Å². The number of rotatable bonds is 4. The van der Waals surface area contributed by atoms with Gasteiger partial charge in [0.2, 0.25) is 0 Å². The Morgan fingerprint density at radius 2 is 2.25 bits per heavy atom. The van der Waals surface area contributed by atoms with Crippen LogP contribution in [-0.4, -0.2) is 28.9 Å². The van der Waals surface area contributed by atoms with Crippen molar-refractivity contribution in [2.75, 3.05) is 6.61 Å². The molecule has 1 rings (SSSR count). The van der Waals surface area contributed by atoms with Crippen LogP contribution in [-0.2, 0) is 0 Å². The quantitative estimate of drug-likeness (QED) is 0.891. The first kappa shape index (κ1) is 12.9. The molecule has 0 amide bonds. The van der Waals surface area contributed by atoms with Crippen molar-refractivity contribution < 1.29 is 24.1 Å². The number of hydrogen-bond acceptors (Lipinski definition) is 3. The Morgan fingerprint density at radius 3 is 2.75 bits per heavy atom. The average molecular weight is 293 g/mol. The number of carbonyl (C=O) groups is 1. The van der Waals surface area contributed by atoms with Crippen molar-refractivity contribution in [1.82, 2.24) is 0 Å². The second kappa shape index (κ2) is 5.27. The first-order valence-corrected chi connectivity index (χ1v) is 5.25. The molecule has 16 heavy (non-hydrogen) atoms. The highest BCUT2D eigenvalue weighted by atomic mass is 79.9. The Morgan fingerprint density at radius 1 is 1.62 bits per heavy atom. The van der Waals surface area contributed by atoms with Crippen LogP contribution in [0.3, 0.4) is 0 Å². The number of aliphatic hydroxyl groups excluding tert-OH is 1. The lowest BCUT2D eigenvalue weighted by molar-refractivity contribution is 0.0694. The largest absolute Gasteiger partial charge is 0.488 e. The topological polar surface area (TPSA) is 66.8 Å². The lowest BCUT2D eigenvalue weighted by atomic mass is 10.2. The molecular weight excluding hydrogens is 283 g/mol. The molecule has 0 unspecified atom stereocenters. The predicted octanol–water partition coefficient (Wildman–Crippen LogP) is 2.05. The summed E-state index contributed by atoms with van der Waals surface area (Å²) in [7, 11) is 0. The standard InChI is InChI=1S/C10H10BrFO4/c1-5(13)4-16-7-3-2-6(10(14)15)8(11)9(7)12/h2-3,5,13H,4H2,1H3,(H,14,15)/t5-/m0/s1. The van der Waals surface area contributed by atoms with E-state index in [1.165, 1.54) is 19.1 Å². The first-order chi connectivity index (χ1) is 7.43. The molecule has 1 atom stereocenters. The Kier molecular flexibility index (Phi) is 4.26. The number of aromatic carboxylic acids is 1. The summed E-state index contributed by atoms with van der Waals surface area (Å²) in [5.41, 5.74) is -0.179. The number of benzene rings is 1. The molecule has 0 aromatic heterocycles. The highest BCUT2D eigenvalue weighted by Gasteiger charge is 2.16. The molecule has 0 saturated heterocycles. The molecule has 0 radical (unpaired) electrons. The van der Waals surface area contributed by atoms with Gasteiger partial charge in [0, 0.05) is 0 Å². The molecule has 1 aromatic carbocycles. The minimum absolute atomic E-state index is 0.0597. The Labute approximate surface area is 99.8 Å². The van der Waals surface area contributed by atoms with Crippen molar-refractivity contribution in [2.24, 2.45) is 0 Å².